The fraction of sp³-hybridized carbons (Fsp3) is 0.862. The zero-order chi connectivity index (χ0) is 58.0. The first-order valence-corrected chi connectivity index (χ1v) is 27.0. The fourth-order valence-corrected chi connectivity index (χ4v) is 0. The molecule has 0 rings (SSSR count). The van der Waals surface area contributed by atoms with Crippen LogP contribution in [0.1, 0.15) is 346 Å². The third kappa shape index (κ3) is 148000. The molecule has 58 heavy (non-hydrogen) atoms. The summed E-state index contributed by atoms with van der Waals surface area (Å²) in [6.07, 6.45) is 0. The van der Waals surface area contributed by atoms with Crippen molar-refractivity contribution in [1.82, 2.24) is 0 Å². The maximum atomic E-state index is 3.00. The summed E-state index contributed by atoms with van der Waals surface area (Å²) in [5.74, 6) is 0. The van der Waals surface area contributed by atoms with Crippen molar-refractivity contribution in [1.29, 1.82) is 0 Å². The Bertz CT molecular complexity index is 8.00. The highest BCUT2D eigenvalue weighted by molar-refractivity contribution is 4.23. The lowest BCUT2D eigenvalue weighted by molar-refractivity contribution is 1.50. The van der Waals surface area contributed by atoms with Gasteiger partial charge in [0, 0.05) is 0 Å². The molecule has 0 radical (unpaired) electrons. The molecule has 0 aromatic rings. The van der Waals surface area contributed by atoms with E-state index in [0.717, 1.165) is 0 Å². The van der Waals surface area contributed by atoms with Crippen LogP contribution in [0.5, 0.6) is 0 Å². The Morgan fingerprint density at radius 2 is 0.0690 bits per heavy atom. The molecule has 0 N–H and O–H groups in total. The van der Waals surface area contributed by atoms with Gasteiger partial charge in [-0.05, 0) is 0 Å². The van der Waals surface area contributed by atoms with E-state index in [1.807, 2.05) is 346 Å². The van der Waals surface area contributed by atoms with Gasteiger partial charge in [-0.25, -0.2) is 0 Å². The van der Waals surface area contributed by atoms with Crippen molar-refractivity contribution < 1.29 is 0 Å². The third-order valence-corrected chi connectivity index (χ3v) is 0. The van der Waals surface area contributed by atoms with Crippen LogP contribution in [-0.4, -0.2) is 0 Å². The highest BCUT2D eigenvalue weighted by Gasteiger charge is 0.981. The first kappa shape index (κ1) is 228. The van der Waals surface area contributed by atoms with Crippen molar-refractivity contribution in [3.8, 4) is 0 Å². The van der Waals surface area contributed by atoms with Crippen LogP contribution in [-0.2, 0) is 0 Å². The average molecular weight is 864 g/mol. The lowest BCUT2D eigenvalue weighted by Crippen LogP contribution is -0.856. The summed E-state index contributed by atoms with van der Waals surface area (Å²) >= 11 is 0. The quantitative estimate of drug-likeness (QED) is 0.213. The molecule has 398 valence electrons. The molecule has 0 unspecified atom stereocenters. The van der Waals surface area contributed by atoms with E-state index in [0.29, 0.717) is 0 Å². The summed E-state index contributed by atoms with van der Waals surface area (Å²) in [6, 6.07) is 0. The summed E-state index contributed by atoms with van der Waals surface area (Å²) in [4.78, 5) is 0. The molecule has 0 fully saturated rings. The van der Waals surface area contributed by atoms with Crippen molar-refractivity contribution >= 4 is 0 Å². The maximum absolute atomic E-state index is 3.00. The van der Waals surface area contributed by atoms with Crippen LogP contribution >= 0.6 is 0 Å². The molecule has 0 heterocycles. The predicted octanol–water partition coefficient (Wildman–Crippen LogP) is 28.9. The van der Waals surface area contributed by atoms with Gasteiger partial charge in [0.2, 0.25) is 0 Å². The molecule has 0 aromatic carbocycles. The smallest absolute Gasteiger partial charge is 0.0683 e. The number of rotatable bonds is 0. The molecule has 0 spiro atoms. The van der Waals surface area contributed by atoms with Crippen LogP contribution in [0.3, 0.4) is 0 Å². The van der Waals surface area contributed by atoms with Crippen molar-refractivity contribution in [3.05, 3.63) is 52.6 Å². The lowest BCUT2D eigenvalue weighted by atomic mass is 11.0. The highest BCUT2D eigenvalue weighted by Crippen LogP contribution is 1.19. The Hall–Kier alpha value is -1.04. The second-order valence-electron chi connectivity index (χ2n) is 0. The number of hydrogen-bond donors (Lipinski definition) is 0. The second-order valence-corrected chi connectivity index (χ2v) is 0. The molecular weight excluding hydrogens is 697 g/mol. The topological polar surface area (TPSA) is 0 Å². The van der Waals surface area contributed by atoms with Crippen molar-refractivity contribution in [2.24, 2.45) is 0 Å². The van der Waals surface area contributed by atoms with Gasteiger partial charge in [-0.15, -0.1) is 52.6 Å². The maximum Gasteiger partial charge on any atom is -0.0683 e. The van der Waals surface area contributed by atoms with Crippen LogP contribution in [0.2, 0.25) is 0 Å². The number of hydrogen-bond acceptors (Lipinski definition) is 0. The van der Waals surface area contributed by atoms with E-state index < -0.39 is 0 Å². The Kier molecular flexibility index (Phi) is 615000. The van der Waals surface area contributed by atoms with Crippen LogP contribution in [0.25, 0.3) is 0 Å². The molecule has 0 aliphatic rings. The largest absolute Gasteiger partial charge is 0.106 e. The molecule has 0 bridgehead atoms. The van der Waals surface area contributed by atoms with E-state index in [-0.39, 0.29) is 0 Å². The van der Waals surface area contributed by atoms with E-state index in [2.05, 4.69) is 52.6 Å². The minimum absolute atomic E-state index is 2.00. The SMILES string of the molecule is C=C.C=C.C=C.C=C.CC.CC.CC.CC.CC.CC.CC.CC.CC.CC.CC.CC.CC.CC.CC.CC.CC.CC.CC.CC.CC.CC.CC.CC.CC. The summed E-state index contributed by atoms with van der Waals surface area (Å²) in [6.45, 7) is 124. The molecule has 0 atom stereocenters. The molecular formula is C58H166. The normalized spacial score (nSPS) is 2.86. The average Bonchev–Trinajstić information content (AvgIpc) is 3.48. The zero-order valence-corrected chi connectivity index (χ0v) is 55.7. The van der Waals surface area contributed by atoms with Gasteiger partial charge in [0.1, 0.15) is 0 Å². The summed E-state index contributed by atoms with van der Waals surface area (Å²) in [5.41, 5.74) is 0. The van der Waals surface area contributed by atoms with Crippen molar-refractivity contribution in [2.75, 3.05) is 0 Å². The predicted molar refractivity (Wildman–Crippen MR) is 329 cm³/mol. The van der Waals surface area contributed by atoms with E-state index in [4.69, 9.17) is 0 Å². The standard InChI is InChI=1S/25C2H6.4C2H4/c29*1-2/h25*1-2H3;4*1-2H2. The van der Waals surface area contributed by atoms with Gasteiger partial charge in [0.05, 0.1) is 0 Å². The van der Waals surface area contributed by atoms with Crippen LogP contribution in [0.15, 0.2) is 52.6 Å². The highest BCUT2D eigenvalue weighted by atomic mass is 13.1. The first-order valence-electron chi connectivity index (χ1n) is 27.0. The molecule has 0 saturated heterocycles. The van der Waals surface area contributed by atoms with Crippen molar-refractivity contribution in [3.63, 3.8) is 0 Å². The van der Waals surface area contributed by atoms with Gasteiger partial charge in [-0.3, -0.25) is 0 Å². The van der Waals surface area contributed by atoms with E-state index in [9.17, 15) is 0 Å². The van der Waals surface area contributed by atoms with Gasteiger partial charge in [-0.1, -0.05) is 346 Å². The van der Waals surface area contributed by atoms with E-state index >= 15 is 0 Å². The molecule has 0 aromatic heterocycles. The lowest BCUT2D eigenvalue weighted by Gasteiger charge is -1.07. The summed E-state index contributed by atoms with van der Waals surface area (Å²) in [5, 5.41) is 0. The second kappa shape index (κ2) is 156000. The van der Waals surface area contributed by atoms with Gasteiger partial charge in [0.25, 0.3) is 0 Å². The zero-order valence-electron chi connectivity index (χ0n) is 55.7. The van der Waals surface area contributed by atoms with Crippen molar-refractivity contribution in [2.45, 2.75) is 346 Å². The monoisotopic (exact) mass is 863 g/mol. The molecule has 0 aliphatic heterocycles. The Labute approximate surface area is 397 Å². The van der Waals surface area contributed by atoms with Crippen LogP contribution < -0.4 is 0 Å². The Morgan fingerprint density at radius 1 is 0.0690 bits per heavy atom. The molecule has 0 saturated carbocycles. The Morgan fingerprint density at radius 3 is 0.0690 bits per heavy atom. The van der Waals surface area contributed by atoms with Gasteiger partial charge < -0.3 is 0 Å². The molecule has 0 amide bonds. The molecule has 0 nitrogen and oxygen atoms in total. The molecule has 0 aliphatic carbocycles. The first-order chi connectivity index (χ1) is 29.0. The van der Waals surface area contributed by atoms with E-state index in [1.54, 1.807) is 0 Å². The molecule has 0 heteroatoms. The fourth-order valence-electron chi connectivity index (χ4n) is 0. The minimum Gasteiger partial charge on any atom is -0.106 e. The summed E-state index contributed by atoms with van der Waals surface area (Å²) < 4.78 is 0. The van der Waals surface area contributed by atoms with Gasteiger partial charge >= 0.3 is 0 Å². The minimum atomic E-state index is 2.00. The van der Waals surface area contributed by atoms with Crippen LogP contribution in [0.4, 0.5) is 0 Å². The van der Waals surface area contributed by atoms with Crippen LogP contribution in [0, 0.1) is 0 Å². The summed E-state index contributed by atoms with van der Waals surface area (Å²) in [7, 11) is 0. The third-order valence-electron chi connectivity index (χ3n) is 0. The van der Waals surface area contributed by atoms with Gasteiger partial charge in [-0.2, -0.15) is 0 Å². The Balaban J connectivity index is -0.00000000556. The van der Waals surface area contributed by atoms with Gasteiger partial charge in [0.15, 0.2) is 0 Å². The van der Waals surface area contributed by atoms with E-state index in [1.165, 1.54) is 0 Å².